The Labute approximate surface area is 92.6 Å². The average molecular weight is 207 g/mol. The van der Waals surface area contributed by atoms with E-state index in [1.54, 1.807) is 7.11 Å². The molecule has 0 radical (unpaired) electrons. The second-order valence-electron chi connectivity index (χ2n) is 3.97. The van der Waals surface area contributed by atoms with Crippen molar-refractivity contribution >= 4 is 5.69 Å². The van der Waals surface area contributed by atoms with Gasteiger partial charge in [-0.2, -0.15) is 0 Å². The first kappa shape index (κ1) is 12.1. The molecule has 2 nitrogen and oxygen atoms in total. The summed E-state index contributed by atoms with van der Waals surface area (Å²) in [6, 6.07) is 6.76. The highest BCUT2D eigenvalue weighted by atomic mass is 16.5. The molecule has 84 valence electrons. The summed E-state index contributed by atoms with van der Waals surface area (Å²) >= 11 is 0. The number of ether oxygens (including phenoxy) is 1. The van der Waals surface area contributed by atoms with Crippen molar-refractivity contribution in [3.63, 3.8) is 0 Å². The molecular formula is C13H21NO. The Bertz CT molecular complexity index is 289. The van der Waals surface area contributed by atoms with Gasteiger partial charge in [-0.3, -0.25) is 0 Å². The summed E-state index contributed by atoms with van der Waals surface area (Å²) in [6.07, 6.45) is 1.07. The van der Waals surface area contributed by atoms with Crippen molar-refractivity contribution in [2.75, 3.05) is 19.0 Å². The lowest BCUT2D eigenvalue weighted by molar-refractivity contribution is 0.184. The Kier molecular flexibility index (Phi) is 4.63. The van der Waals surface area contributed by atoms with Gasteiger partial charge >= 0.3 is 0 Å². The smallest absolute Gasteiger partial charge is 0.0663 e. The van der Waals surface area contributed by atoms with Crippen LogP contribution >= 0.6 is 0 Å². The van der Waals surface area contributed by atoms with Gasteiger partial charge in [-0.05, 0) is 31.4 Å². The van der Waals surface area contributed by atoms with Crippen molar-refractivity contribution in [3.8, 4) is 0 Å². The molecule has 0 heterocycles. The number of benzene rings is 1. The first-order chi connectivity index (χ1) is 7.19. The fourth-order valence-corrected chi connectivity index (χ4v) is 1.71. The second-order valence-corrected chi connectivity index (χ2v) is 3.97. The summed E-state index contributed by atoms with van der Waals surface area (Å²) in [5.74, 6) is 0. The van der Waals surface area contributed by atoms with Crippen LogP contribution in [-0.4, -0.2) is 19.8 Å². The zero-order valence-electron chi connectivity index (χ0n) is 10.1. The van der Waals surface area contributed by atoms with Crippen molar-refractivity contribution in [1.29, 1.82) is 0 Å². The quantitative estimate of drug-likeness (QED) is 0.801. The summed E-state index contributed by atoms with van der Waals surface area (Å²) in [5.41, 5.74) is 3.84. The van der Waals surface area contributed by atoms with E-state index < -0.39 is 0 Å². The zero-order chi connectivity index (χ0) is 11.3. The SMILES string of the molecule is CCC(COC)Nc1c(C)cccc1C. The minimum Gasteiger partial charge on any atom is -0.383 e. The maximum absolute atomic E-state index is 5.18. The fourth-order valence-electron chi connectivity index (χ4n) is 1.71. The van der Waals surface area contributed by atoms with Gasteiger partial charge in [-0.1, -0.05) is 25.1 Å². The van der Waals surface area contributed by atoms with Crippen LogP contribution in [0.1, 0.15) is 24.5 Å². The Morgan fingerprint density at radius 2 is 1.87 bits per heavy atom. The molecule has 1 N–H and O–H groups in total. The number of para-hydroxylation sites is 1. The van der Waals surface area contributed by atoms with E-state index in [-0.39, 0.29) is 0 Å². The standard InChI is InChI=1S/C13H21NO/c1-5-12(9-15-4)14-13-10(2)7-6-8-11(13)3/h6-8,12,14H,5,9H2,1-4H3. The molecule has 15 heavy (non-hydrogen) atoms. The molecule has 0 bridgehead atoms. The number of anilines is 1. The van der Waals surface area contributed by atoms with Crippen molar-refractivity contribution in [2.24, 2.45) is 0 Å². The van der Waals surface area contributed by atoms with E-state index in [0.29, 0.717) is 6.04 Å². The molecule has 1 aromatic carbocycles. The largest absolute Gasteiger partial charge is 0.383 e. The molecule has 2 heteroatoms. The number of hydrogen-bond donors (Lipinski definition) is 1. The predicted molar refractivity (Wildman–Crippen MR) is 65.5 cm³/mol. The predicted octanol–water partition coefficient (Wildman–Crippen LogP) is 3.14. The Balaban J connectivity index is 2.78. The third-order valence-electron chi connectivity index (χ3n) is 2.69. The van der Waals surface area contributed by atoms with Gasteiger partial charge in [0.1, 0.15) is 0 Å². The highest BCUT2D eigenvalue weighted by Gasteiger charge is 2.08. The van der Waals surface area contributed by atoms with Gasteiger partial charge in [0.05, 0.1) is 6.61 Å². The average Bonchev–Trinajstić information content (AvgIpc) is 2.22. The van der Waals surface area contributed by atoms with Gasteiger partial charge in [0.2, 0.25) is 0 Å². The van der Waals surface area contributed by atoms with Gasteiger partial charge < -0.3 is 10.1 Å². The lowest BCUT2D eigenvalue weighted by Gasteiger charge is -2.20. The maximum Gasteiger partial charge on any atom is 0.0663 e. The minimum atomic E-state index is 0.398. The van der Waals surface area contributed by atoms with Crippen molar-refractivity contribution in [2.45, 2.75) is 33.2 Å². The lowest BCUT2D eigenvalue weighted by atomic mass is 10.1. The summed E-state index contributed by atoms with van der Waals surface area (Å²) in [5, 5.41) is 3.54. The van der Waals surface area contributed by atoms with Crippen molar-refractivity contribution in [3.05, 3.63) is 29.3 Å². The third kappa shape index (κ3) is 3.24. The lowest BCUT2D eigenvalue weighted by Crippen LogP contribution is -2.24. The van der Waals surface area contributed by atoms with Crippen LogP contribution in [0.2, 0.25) is 0 Å². The van der Waals surface area contributed by atoms with E-state index in [1.165, 1.54) is 16.8 Å². The molecule has 0 saturated heterocycles. The Morgan fingerprint density at radius 1 is 1.27 bits per heavy atom. The maximum atomic E-state index is 5.18. The third-order valence-corrected chi connectivity index (χ3v) is 2.69. The molecule has 1 unspecified atom stereocenters. The first-order valence-electron chi connectivity index (χ1n) is 5.50. The number of aryl methyl sites for hydroxylation is 2. The topological polar surface area (TPSA) is 21.3 Å². The fraction of sp³-hybridized carbons (Fsp3) is 0.538. The molecule has 0 aliphatic rings. The van der Waals surface area contributed by atoms with Crippen LogP contribution in [0.4, 0.5) is 5.69 Å². The van der Waals surface area contributed by atoms with Gasteiger partial charge in [0.25, 0.3) is 0 Å². The van der Waals surface area contributed by atoms with E-state index in [2.05, 4.69) is 44.3 Å². The van der Waals surface area contributed by atoms with Crippen molar-refractivity contribution in [1.82, 2.24) is 0 Å². The Hall–Kier alpha value is -1.02. The van der Waals surface area contributed by atoms with E-state index in [4.69, 9.17) is 4.74 Å². The van der Waals surface area contributed by atoms with Crippen LogP contribution in [-0.2, 0) is 4.74 Å². The van der Waals surface area contributed by atoms with Gasteiger partial charge in [-0.25, -0.2) is 0 Å². The number of nitrogens with one attached hydrogen (secondary N) is 1. The summed E-state index contributed by atoms with van der Waals surface area (Å²) < 4.78 is 5.18. The van der Waals surface area contributed by atoms with Crippen molar-refractivity contribution < 1.29 is 4.74 Å². The van der Waals surface area contributed by atoms with Gasteiger partial charge in [-0.15, -0.1) is 0 Å². The second kappa shape index (κ2) is 5.76. The summed E-state index contributed by atoms with van der Waals surface area (Å²) in [7, 11) is 1.75. The zero-order valence-corrected chi connectivity index (χ0v) is 10.1. The number of rotatable bonds is 5. The highest BCUT2D eigenvalue weighted by molar-refractivity contribution is 5.57. The molecular weight excluding hydrogens is 186 g/mol. The summed E-state index contributed by atoms with van der Waals surface area (Å²) in [6.45, 7) is 7.19. The van der Waals surface area contributed by atoms with Gasteiger partial charge in [0, 0.05) is 18.8 Å². The van der Waals surface area contributed by atoms with E-state index >= 15 is 0 Å². The summed E-state index contributed by atoms with van der Waals surface area (Å²) in [4.78, 5) is 0. The van der Waals surface area contributed by atoms with Crippen LogP contribution in [0, 0.1) is 13.8 Å². The monoisotopic (exact) mass is 207 g/mol. The van der Waals surface area contributed by atoms with E-state index in [9.17, 15) is 0 Å². The van der Waals surface area contributed by atoms with Crippen LogP contribution in [0.25, 0.3) is 0 Å². The minimum absolute atomic E-state index is 0.398. The van der Waals surface area contributed by atoms with Crippen LogP contribution in [0.15, 0.2) is 18.2 Å². The molecule has 0 spiro atoms. The highest BCUT2D eigenvalue weighted by Crippen LogP contribution is 2.20. The molecule has 1 rings (SSSR count). The molecule has 0 aliphatic heterocycles. The molecule has 0 amide bonds. The van der Waals surface area contributed by atoms with Crippen LogP contribution in [0.5, 0.6) is 0 Å². The van der Waals surface area contributed by atoms with E-state index in [1.807, 2.05) is 0 Å². The number of hydrogen-bond acceptors (Lipinski definition) is 2. The van der Waals surface area contributed by atoms with Gasteiger partial charge in [0.15, 0.2) is 0 Å². The molecule has 0 aromatic heterocycles. The normalized spacial score (nSPS) is 12.5. The van der Waals surface area contributed by atoms with E-state index in [0.717, 1.165) is 13.0 Å². The van der Waals surface area contributed by atoms with Crippen LogP contribution < -0.4 is 5.32 Å². The van der Waals surface area contributed by atoms with Crippen LogP contribution in [0.3, 0.4) is 0 Å². The molecule has 0 saturated carbocycles. The molecule has 1 aromatic rings. The number of methoxy groups -OCH3 is 1. The molecule has 0 aliphatic carbocycles. The molecule has 0 fully saturated rings. The molecule has 1 atom stereocenters. The Morgan fingerprint density at radius 3 is 2.33 bits per heavy atom. The first-order valence-corrected chi connectivity index (χ1v) is 5.50.